The molecule has 1 rings (SSSR count). The van der Waals surface area contributed by atoms with Gasteiger partial charge in [-0.1, -0.05) is 6.92 Å². The van der Waals surface area contributed by atoms with Crippen LogP contribution in [0.3, 0.4) is 0 Å². The zero-order chi connectivity index (χ0) is 14.8. The van der Waals surface area contributed by atoms with Gasteiger partial charge in [0.05, 0.1) is 6.04 Å². The van der Waals surface area contributed by atoms with Crippen molar-refractivity contribution in [3.63, 3.8) is 0 Å². The van der Waals surface area contributed by atoms with Gasteiger partial charge in [-0.3, -0.25) is 4.79 Å². The summed E-state index contributed by atoms with van der Waals surface area (Å²) < 4.78 is 0. The zero-order valence-electron chi connectivity index (χ0n) is 13.1. The van der Waals surface area contributed by atoms with Crippen LogP contribution in [0.2, 0.25) is 0 Å². The molecule has 3 N–H and O–H groups in total. The van der Waals surface area contributed by atoms with E-state index in [0.29, 0.717) is 0 Å². The molecule has 0 spiro atoms. The van der Waals surface area contributed by atoms with E-state index < -0.39 is 0 Å². The number of piperidine rings is 1. The van der Waals surface area contributed by atoms with Crippen molar-refractivity contribution in [1.82, 2.24) is 10.2 Å². The average Bonchev–Trinajstić information content (AvgIpc) is 2.46. The number of carbonyl (C=O) groups is 1. The Morgan fingerprint density at radius 3 is 2.75 bits per heavy atom. The van der Waals surface area contributed by atoms with E-state index in [9.17, 15) is 4.79 Å². The molecule has 1 unspecified atom stereocenters. The van der Waals surface area contributed by atoms with E-state index in [1.807, 2.05) is 6.26 Å². The van der Waals surface area contributed by atoms with E-state index in [0.717, 1.165) is 37.5 Å². The lowest BCUT2D eigenvalue weighted by Gasteiger charge is -2.30. The Morgan fingerprint density at radius 1 is 1.40 bits per heavy atom. The van der Waals surface area contributed by atoms with Crippen molar-refractivity contribution >= 4 is 17.7 Å². The molecule has 1 atom stereocenters. The lowest BCUT2D eigenvalue weighted by molar-refractivity contribution is -0.122. The number of hydrogen-bond donors (Lipinski definition) is 2. The summed E-state index contributed by atoms with van der Waals surface area (Å²) in [5.74, 6) is 1.85. The summed E-state index contributed by atoms with van der Waals surface area (Å²) >= 11 is 1.73. The van der Waals surface area contributed by atoms with Crippen molar-refractivity contribution in [3.8, 4) is 0 Å². The highest BCUT2D eigenvalue weighted by Crippen LogP contribution is 2.15. The van der Waals surface area contributed by atoms with E-state index in [2.05, 4.69) is 17.1 Å². The first-order chi connectivity index (χ1) is 9.63. The van der Waals surface area contributed by atoms with Crippen molar-refractivity contribution in [1.29, 1.82) is 0 Å². The van der Waals surface area contributed by atoms with Gasteiger partial charge in [-0.2, -0.15) is 11.8 Å². The van der Waals surface area contributed by atoms with E-state index in [-0.39, 0.29) is 11.9 Å². The van der Waals surface area contributed by atoms with Crippen molar-refractivity contribution < 1.29 is 4.79 Å². The summed E-state index contributed by atoms with van der Waals surface area (Å²) in [7, 11) is 0. The highest BCUT2D eigenvalue weighted by atomic mass is 32.2. The number of carbonyl (C=O) groups excluding carboxylic acids is 1. The number of rotatable bonds is 9. The number of hydrogen-bond acceptors (Lipinski definition) is 4. The first kappa shape index (κ1) is 17.8. The molecule has 1 amide bonds. The van der Waals surface area contributed by atoms with Crippen LogP contribution in [0.1, 0.15) is 39.0 Å². The van der Waals surface area contributed by atoms with Gasteiger partial charge < -0.3 is 16.0 Å². The minimum absolute atomic E-state index is 0.00541. The number of nitrogens with two attached hydrogens (primary N) is 1. The summed E-state index contributed by atoms with van der Waals surface area (Å²) in [4.78, 5) is 14.2. The fourth-order valence-corrected chi connectivity index (χ4v) is 2.95. The van der Waals surface area contributed by atoms with Crippen LogP contribution < -0.4 is 11.1 Å². The number of thioether (sulfide) groups is 1. The molecule has 1 heterocycles. The fourth-order valence-electron chi connectivity index (χ4n) is 2.46. The number of unbranched alkanes of at least 4 members (excludes halogenated alkanes) is 1. The van der Waals surface area contributed by atoms with E-state index in [1.165, 1.54) is 32.5 Å². The molecule has 1 fully saturated rings. The Hall–Kier alpha value is -0.260. The Kier molecular flexibility index (Phi) is 9.31. The third-order valence-electron chi connectivity index (χ3n) is 4.05. The molecular weight excluding hydrogens is 270 g/mol. The van der Waals surface area contributed by atoms with Gasteiger partial charge >= 0.3 is 0 Å². The van der Waals surface area contributed by atoms with Gasteiger partial charge in [-0.15, -0.1) is 0 Å². The molecular formula is C15H31N3OS. The first-order valence-corrected chi connectivity index (χ1v) is 9.27. The van der Waals surface area contributed by atoms with Crippen LogP contribution in [0.5, 0.6) is 0 Å². The smallest absolute Gasteiger partial charge is 0.236 e. The van der Waals surface area contributed by atoms with E-state index in [4.69, 9.17) is 5.73 Å². The molecule has 1 saturated heterocycles. The Balaban J connectivity index is 1.97. The van der Waals surface area contributed by atoms with Gasteiger partial charge in [0.2, 0.25) is 5.91 Å². The number of nitrogens with zero attached hydrogens (tertiary/aromatic N) is 1. The average molecular weight is 302 g/mol. The topological polar surface area (TPSA) is 58.4 Å². The molecule has 0 aliphatic carbocycles. The quantitative estimate of drug-likeness (QED) is 0.636. The molecule has 4 nitrogen and oxygen atoms in total. The second kappa shape index (κ2) is 10.5. The second-order valence-corrected chi connectivity index (χ2v) is 6.90. The molecule has 5 heteroatoms. The van der Waals surface area contributed by atoms with Gasteiger partial charge in [0, 0.05) is 6.54 Å². The minimum Gasteiger partial charge on any atom is -0.355 e. The van der Waals surface area contributed by atoms with Gasteiger partial charge in [0.1, 0.15) is 0 Å². The molecule has 0 aromatic heterocycles. The maximum absolute atomic E-state index is 11.7. The zero-order valence-corrected chi connectivity index (χ0v) is 13.9. The van der Waals surface area contributed by atoms with Crippen LogP contribution in [0.25, 0.3) is 0 Å². The summed E-state index contributed by atoms with van der Waals surface area (Å²) in [5.41, 5.74) is 5.81. The third kappa shape index (κ3) is 7.50. The molecule has 0 radical (unpaired) electrons. The number of likely N-dealkylation sites (tertiary alicyclic amines) is 1. The van der Waals surface area contributed by atoms with Crippen LogP contribution >= 0.6 is 11.8 Å². The van der Waals surface area contributed by atoms with E-state index in [1.54, 1.807) is 11.8 Å². The minimum atomic E-state index is -0.342. The normalized spacial score (nSPS) is 18.9. The van der Waals surface area contributed by atoms with Gasteiger partial charge in [-0.25, -0.2) is 0 Å². The van der Waals surface area contributed by atoms with Gasteiger partial charge in [0.25, 0.3) is 0 Å². The standard InChI is InChI=1S/C15H31N3OS/c1-13-5-10-18(11-6-13)9-4-3-8-17-15(19)14(16)7-12-20-2/h13-14H,3-12,16H2,1-2H3,(H,17,19). The second-order valence-electron chi connectivity index (χ2n) is 5.91. The maximum Gasteiger partial charge on any atom is 0.236 e. The molecule has 118 valence electrons. The predicted octanol–water partition coefficient (Wildman–Crippen LogP) is 1.70. The highest BCUT2D eigenvalue weighted by Gasteiger charge is 2.15. The molecule has 0 aromatic rings. The summed E-state index contributed by atoms with van der Waals surface area (Å²) in [6.45, 7) is 6.75. The SMILES string of the molecule is CSCCC(N)C(=O)NCCCCN1CCC(C)CC1. The first-order valence-electron chi connectivity index (χ1n) is 7.88. The monoisotopic (exact) mass is 301 g/mol. The molecule has 1 aliphatic heterocycles. The van der Waals surface area contributed by atoms with E-state index >= 15 is 0 Å². The van der Waals surface area contributed by atoms with Crippen molar-refractivity contribution in [3.05, 3.63) is 0 Å². The summed E-state index contributed by atoms with van der Waals surface area (Å²) in [6, 6.07) is -0.342. The summed E-state index contributed by atoms with van der Waals surface area (Å²) in [6.07, 6.45) is 7.68. The fraction of sp³-hybridized carbons (Fsp3) is 0.933. The Bertz CT molecular complexity index is 268. The highest BCUT2D eigenvalue weighted by molar-refractivity contribution is 7.98. The molecule has 0 saturated carbocycles. The van der Waals surface area contributed by atoms with Crippen LogP contribution in [0.15, 0.2) is 0 Å². The lowest BCUT2D eigenvalue weighted by Crippen LogP contribution is -2.41. The Morgan fingerprint density at radius 2 is 2.10 bits per heavy atom. The molecule has 20 heavy (non-hydrogen) atoms. The van der Waals surface area contributed by atoms with Gasteiger partial charge in [0.15, 0.2) is 0 Å². The number of amides is 1. The third-order valence-corrected chi connectivity index (χ3v) is 4.69. The molecule has 0 bridgehead atoms. The van der Waals surface area contributed by atoms with Crippen LogP contribution in [0.4, 0.5) is 0 Å². The van der Waals surface area contributed by atoms with Crippen LogP contribution in [0, 0.1) is 5.92 Å². The van der Waals surface area contributed by atoms with Crippen LogP contribution in [-0.2, 0) is 4.79 Å². The lowest BCUT2D eigenvalue weighted by atomic mass is 9.99. The largest absolute Gasteiger partial charge is 0.355 e. The van der Waals surface area contributed by atoms with Crippen LogP contribution in [-0.4, -0.2) is 55.0 Å². The molecule has 1 aliphatic rings. The predicted molar refractivity (Wildman–Crippen MR) is 88.1 cm³/mol. The number of nitrogens with one attached hydrogen (secondary N) is 1. The maximum atomic E-state index is 11.7. The summed E-state index contributed by atoms with van der Waals surface area (Å²) in [5, 5.41) is 2.94. The Labute approximate surface area is 128 Å². The van der Waals surface area contributed by atoms with Gasteiger partial charge in [-0.05, 0) is 69.7 Å². The van der Waals surface area contributed by atoms with Crippen molar-refractivity contribution in [2.45, 2.75) is 45.1 Å². The van der Waals surface area contributed by atoms with Crippen molar-refractivity contribution in [2.24, 2.45) is 11.7 Å². The molecule has 0 aromatic carbocycles. The van der Waals surface area contributed by atoms with Crippen molar-refractivity contribution in [2.75, 3.05) is 38.2 Å².